The third-order valence-corrected chi connectivity index (χ3v) is 7.15. The van der Waals surface area contributed by atoms with Crippen LogP contribution in [0.3, 0.4) is 0 Å². The Bertz CT molecular complexity index is 1010. The molecular formula is C18H15Cl3FN3OS2. The largest absolute Gasteiger partial charge is 0.308 e. The van der Waals surface area contributed by atoms with Gasteiger partial charge in [0, 0.05) is 44.2 Å². The molecule has 0 amide bonds. The summed E-state index contributed by atoms with van der Waals surface area (Å²) in [7, 11) is 0.561. The summed E-state index contributed by atoms with van der Waals surface area (Å²) >= 11 is 19.4. The van der Waals surface area contributed by atoms with Gasteiger partial charge >= 0.3 is 0 Å². The molecule has 0 bridgehead atoms. The van der Waals surface area contributed by atoms with Crippen LogP contribution in [0.25, 0.3) is 0 Å². The topological polar surface area (TPSA) is 47.8 Å². The molecule has 2 aromatic carbocycles. The highest BCUT2D eigenvalue weighted by atomic mass is 35.5. The van der Waals surface area contributed by atoms with Crippen LogP contribution in [0.15, 0.2) is 41.6 Å². The maximum Gasteiger partial charge on any atom is 0.191 e. The second-order valence-electron chi connectivity index (χ2n) is 5.91. The van der Waals surface area contributed by atoms with Crippen molar-refractivity contribution < 1.29 is 8.60 Å². The van der Waals surface area contributed by atoms with Crippen molar-refractivity contribution in [3.63, 3.8) is 0 Å². The molecule has 0 aliphatic heterocycles. The third-order valence-electron chi connectivity index (χ3n) is 3.95. The molecule has 4 nitrogen and oxygen atoms in total. The minimum Gasteiger partial charge on any atom is -0.308 e. The van der Waals surface area contributed by atoms with Gasteiger partial charge in [-0.3, -0.25) is 4.21 Å². The van der Waals surface area contributed by atoms with Crippen LogP contribution in [-0.2, 0) is 35.1 Å². The molecule has 0 aliphatic carbocycles. The molecule has 1 unspecified atom stereocenters. The summed E-state index contributed by atoms with van der Waals surface area (Å²) in [6, 6.07) is 9.68. The molecule has 3 aromatic rings. The zero-order chi connectivity index (χ0) is 20.3. The molecule has 1 atom stereocenters. The highest BCUT2D eigenvalue weighted by molar-refractivity contribution is 7.98. The summed E-state index contributed by atoms with van der Waals surface area (Å²) in [5.74, 6) is 1.05. The summed E-state index contributed by atoms with van der Waals surface area (Å²) in [6.07, 6.45) is 0. The van der Waals surface area contributed by atoms with E-state index in [9.17, 15) is 8.60 Å². The van der Waals surface area contributed by atoms with E-state index in [2.05, 4.69) is 10.2 Å². The molecule has 0 fully saturated rings. The van der Waals surface area contributed by atoms with Crippen molar-refractivity contribution in [2.75, 3.05) is 0 Å². The van der Waals surface area contributed by atoms with Crippen molar-refractivity contribution in [3.05, 3.63) is 74.2 Å². The Morgan fingerprint density at radius 2 is 1.89 bits per heavy atom. The van der Waals surface area contributed by atoms with E-state index in [1.54, 1.807) is 41.9 Å². The molecule has 148 valence electrons. The second-order valence-corrected chi connectivity index (χ2v) is 9.56. The predicted molar refractivity (Wildman–Crippen MR) is 114 cm³/mol. The van der Waals surface area contributed by atoms with Gasteiger partial charge in [0.05, 0.1) is 11.5 Å². The maximum absolute atomic E-state index is 13.9. The SMILES string of the molecule is Cn1c(CS(=O)Cc2ccc(Cl)cc2Cl)nnc1SCc1c(F)cccc1Cl. The molecule has 0 spiro atoms. The quantitative estimate of drug-likeness (QED) is 0.411. The van der Waals surface area contributed by atoms with E-state index in [0.717, 1.165) is 5.56 Å². The Hall–Kier alpha value is -1.12. The van der Waals surface area contributed by atoms with Gasteiger partial charge in [-0.15, -0.1) is 10.2 Å². The number of benzene rings is 2. The molecule has 1 heterocycles. The summed E-state index contributed by atoms with van der Waals surface area (Å²) in [6.45, 7) is 0. The Morgan fingerprint density at radius 3 is 2.61 bits per heavy atom. The van der Waals surface area contributed by atoms with Crippen LogP contribution in [0.1, 0.15) is 17.0 Å². The van der Waals surface area contributed by atoms with Gasteiger partial charge in [0.2, 0.25) is 0 Å². The number of nitrogens with zero attached hydrogens (tertiary/aromatic N) is 3. The van der Waals surface area contributed by atoms with E-state index in [0.29, 0.717) is 37.4 Å². The van der Waals surface area contributed by atoms with Gasteiger partial charge in [-0.2, -0.15) is 0 Å². The molecule has 0 saturated heterocycles. The highest BCUT2D eigenvalue weighted by Gasteiger charge is 2.15. The summed E-state index contributed by atoms with van der Waals surface area (Å²) < 4.78 is 28.2. The van der Waals surface area contributed by atoms with Gasteiger partial charge in [-0.1, -0.05) is 58.7 Å². The number of hydrogen-bond acceptors (Lipinski definition) is 4. The fourth-order valence-corrected chi connectivity index (χ4v) is 5.48. The van der Waals surface area contributed by atoms with E-state index in [-0.39, 0.29) is 17.3 Å². The molecule has 0 radical (unpaired) electrons. The smallest absolute Gasteiger partial charge is 0.191 e. The van der Waals surface area contributed by atoms with E-state index < -0.39 is 10.8 Å². The van der Waals surface area contributed by atoms with Crippen LogP contribution in [0.5, 0.6) is 0 Å². The van der Waals surface area contributed by atoms with Crippen LogP contribution in [0, 0.1) is 5.82 Å². The van der Waals surface area contributed by atoms with Crippen molar-refractivity contribution in [2.45, 2.75) is 22.4 Å². The van der Waals surface area contributed by atoms with Crippen molar-refractivity contribution in [1.29, 1.82) is 0 Å². The van der Waals surface area contributed by atoms with Gasteiger partial charge in [0.25, 0.3) is 0 Å². The van der Waals surface area contributed by atoms with Gasteiger partial charge in [0.1, 0.15) is 11.6 Å². The minimum absolute atomic E-state index is 0.226. The molecule has 0 N–H and O–H groups in total. The lowest BCUT2D eigenvalue weighted by atomic mass is 10.2. The first-order valence-corrected chi connectivity index (χ1v) is 11.7. The van der Waals surface area contributed by atoms with Crippen LogP contribution in [0.4, 0.5) is 4.39 Å². The standard InChI is InChI=1S/C18H15Cl3FN3OS2/c1-25-17(10-28(26)9-11-5-6-12(19)7-15(11)21)23-24-18(25)27-8-13-14(20)3-2-4-16(13)22/h2-7H,8-10H2,1H3. The van der Waals surface area contributed by atoms with Crippen molar-refractivity contribution in [3.8, 4) is 0 Å². The Kier molecular flexibility index (Phi) is 7.39. The first-order valence-electron chi connectivity index (χ1n) is 8.08. The van der Waals surface area contributed by atoms with Crippen LogP contribution in [-0.4, -0.2) is 19.0 Å². The lowest BCUT2D eigenvalue weighted by Crippen LogP contribution is -2.06. The number of rotatable bonds is 7. The first-order chi connectivity index (χ1) is 13.3. The number of aromatic nitrogens is 3. The van der Waals surface area contributed by atoms with Gasteiger partial charge in [-0.25, -0.2) is 4.39 Å². The van der Waals surface area contributed by atoms with E-state index in [4.69, 9.17) is 34.8 Å². The van der Waals surface area contributed by atoms with Crippen molar-refractivity contribution in [1.82, 2.24) is 14.8 Å². The molecule has 10 heteroatoms. The minimum atomic E-state index is -1.22. The van der Waals surface area contributed by atoms with Crippen LogP contribution >= 0.6 is 46.6 Å². The zero-order valence-electron chi connectivity index (χ0n) is 14.7. The summed E-state index contributed by atoms with van der Waals surface area (Å²) in [4.78, 5) is 0. The van der Waals surface area contributed by atoms with Gasteiger partial charge in [0.15, 0.2) is 5.16 Å². The average Bonchev–Trinajstić information content (AvgIpc) is 2.97. The highest BCUT2D eigenvalue weighted by Crippen LogP contribution is 2.28. The predicted octanol–water partition coefficient (Wildman–Crippen LogP) is 5.66. The molecule has 0 aliphatic rings. The lowest BCUT2D eigenvalue weighted by Gasteiger charge is -2.07. The average molecular weight is 479 g/mol. The number of halogens is 4. The van der Waals surface area contributed by atoms with Gasteiger partial charge < -0.3 is 4.57 Å². The fourth-order valence-electron chi connectivity index (χ4n) is 2.41. The van der Waals surface area contributed by atoms with E-state index >= 15 is 0 Å². The Labute approximate surface area is 183 Å². The molecular weight excluding hydrogens is 464 g/mol. The lowest BCUT2D eigenvalue weighted by molar-refractivity contribution is 0.617. The van der Waals surface area contributed by atoms with Gasteiger partial charge in [-0.05, 0) is 29.8 Å². The molecule has 3 rings (SSSR count). The maximum atomic E-state index is 13.9. The van der Waals surface area contributed by atoms with E-state index in [1.165, 1.54) is 17.8 Å². The number of hydrogen-bond donors (Lipinski definition) is 0. The van der Waals surface area contributed by atoms with Crippen molar-refractivity contribution in [2.24, 2.45) is 7.05 Å². The fraction of sp³-hybridized carbons (Fsp3) is 0.222. The Balaban J connectivity index is 1.65. The number of thioether (sulfide) groups is 1. The first kappa shape index (κ1) is 21.6. The molecule has 1 aromatic heterocycles. The monoisotopic (exact) mass is 477 g/mol. The summed E-state index contributed by atoms with van der Waals surface area (Å²) in [5, 5.41) is 10.2. The second kappa shape index (κ2) is 9.59. The third kappa shape index (κ3) is 5.27. The molecule has 0 saturated carbocycles. The van der Waals surface area contributed by atoms with Crippen molar-refractivity contribution >= 4 is 57.4 Å². The zero-order valence-corrected chi connectivity index (χ0v) is 18.6. The van der Waals surface area contributed by atoms with Crippen LogP contribution < -0.4 is 0 Å². The normalized spacial score (nSPS) is 12.3. The summed E-state index contributed by atoms with van der Waals surface area (Å²) in [5.41, 5.74) is 1.18. The van der Waals surface area contributed by atoms with E-state index in [1.807, 2.05) is 0 Å². The molecule has 28 heavy (non-hydrogen) atoms. The Morgan fingerprint density at radius 1 is 1.11 bits per heavy atom. The van der Waals surface area contributed by atoms with Crippen LogP contribution in [0.2, 0.25) is 15.1 Å².